The van der Waals surface area contributed by atoms with Gasteiger partial charge < -0.3 is 27.6 Å². The van der Waals surface area contributed by atoms with Crippen molar-refractivity contribution in [1.82, 2.24) is 9.13 Å². The van der Waals surface area contributed by atoms with Gasteiger partial charge in [-0.3, -0.25) is 0 Å². The number of anilines is 3. The van der Waals surface area contributed by atoms with Crippen molar-refractivity contribution in [2.45, 2.75) is 26.2 Å². The predicted octanol–water partition coefficient (Wildman–Crippen LogP) is 20.4. The molecule has 19 rings (SSSR count). The van der Waals surface area contributed by atoms with Gasteiger partial charge in [-0.05, 0) is 141 Å². The molecule has 0 bridgehead atoms. The summed E-state index contributed by atoms with van der Waals surface area (Å²) in [4.78, 5) is 2.55. The largest absolute Gasteiger partial charge is 0.458 e. The summed E-state index contributed by atoms with van der Waals surface area (Å²) in [5.41, 5.74) is 24.2. The zero-order valence-electron chi connectivity index (χ0n) is 49.1. The Hall–Kier alpha value is -11.3. The highest BCUT2D eigenvalue weighted by Crippen LogP contribution is 2.50. The number of nitrogens with zero attached hydrogens (tertiary/aromatic N) is 3. The van der Waals surface area contributed by atoms with E-state index in [4.69, 9.17) is 13.6 Å². The van der Waals surface area contributed by atoms with Crippen LogP contribution >= 0.6 is 0 Å². The first-order valence-corrected chi connectivity index (χ1v) is 30.7. The Kier molecular flexibility index (Phi) is 10.4. The molecule has 6 nitrogen and oxygen atoms in total. The van der Waals surface area contributed by atoms with Crippen molar-refractivity contribution in [3.63, 3.8) is 0 Å². The third-order valence-corrected chi connectivity index (χ3v) is 19.1. The lowest BCUT2D eigenvalue weighted by Crippen LogP contribution is -2.59. The van der Waals surface area contributed by atoms with Crippen molar-refractivity contribution < 1.29 is 13.6 Å². The summed E-state index contributed by atoms with van der Waals surface area (Å²) in [5.74, 6) is 1.62. The molecule has 0 N–H and O–H groups in total. The monoisotopic (exact) mass is 1140 g/mol. The van der Waals surface area contributed by atoms with Crippen molar-refractivity contribution in [3.8, 4) is 56.3 Å². The summed E-state index contributed by atoms with van der Waals surface area (Å²) >= 11 is 0. The number of hydrogen-bond acceptors (Lipinski definition) is 4. The van der Waals surface area contributed by atoms with Crippen LogP contribution in [0.15, 0.2) is 282 Å². The molecular weight excluding hydrogens is 1090 g/mol. The number of hydrogen-bond donors (Lipinski definition) is 0. The third-order valence-electron chi connectivity index (χ3n) is 19.1. The van der Waals surface area contributed by atoms with Crippen molar-refractivity contribution in [2.75, 3.05) is 4.90 Å². The third kappa shape index (κ3) is 7.33. The number of furan rings is 2. The van der Waals surface area contributed by atoms with E-state index < -0.39 is 0 Å². The molecule has 13 aromatic carbocycles. The van der Waals surface area contributed by atoms with Gasteiger partial charge in [0.2, 0.25) is 0 Å². The lowest BCUT2D eigenvalue weighted by molar-refractivity contribution is 0.487. The lowest BCUT2D eigenvalue weighted by atomic mass is 9.34. The first kappa shape index (κ1) is 49.9. The quantitative estimate of drug-likeness (QED) is 0.156. The fraction of sp³-hybridized carbons (Fsp3) is 0.0488. The minimum atomic E-state index is -0.206. The number of ether oxygens (including phenoxy) is 1. The van der Waals surface area contributed by atoms with Crippen LogP contribution in [0.5, 0.6) is 11.5 Å². The van der Waals surface area contributed by atoms with Crippen LogP contribution in [0, 0.1) is 0 Å². The Bertz CT molecular complexity index is 5730. The van der Waals surface area contributed by atoms with Gasteiger partial charge in [0.25, 0.3) is 6.71 Å². The average Bonchev–Trinajstić information content (AvgIpc) is 1.62. The van der Waals surface area contributed by atoms with Crippen molar-refractivity contribution in [3.05, 3.63) is 279 Å². The summed E-state index contributed by atoms with van der Waals surface area (Å²) in [7, 11) is 0. The Morgan fingerprint density at radius 3 is 1.55 bits per heavy atom. The Morgan fingerprint density at radius 1 is 0.337 bits per heavy atom. The molecule has 2 aliphatic heterocycles. The second kappa shape index (κ2) is 18.6. The van der Waals surface area contributed by atoms with E-state index in [0.29, 0.717) is 0 Å². The van der Waals surface area contributed by atoms with Gasteiger partial charge in [-0.25, -0.2) is 0 Å². The zero-order chi connectivity index (χ0) is 58.8. The molecule has 418 valence electrons. The molecule has 6 heterocycles. The second-order valence-electron chi connectivity index (χ2n) is 25.1. The Labute approximate surface area is 513 Å². The number of benzene rings is 13. The molecule has 7 heteroatoms. The molecule has 0 aliphatic carbocycles. The van der Waals surface area contributed by atoms with Crippen LogP contribution in [-0.2, 0) is 5.41 Å². The topological polar surface area (TPSA) is 48.6 Å². The molecule has 0 spiro atoms. The van der Waals surface area contributed by atoms with E-state index in [9.17, 15) is 0 Å². The minimum absolute atomic E-state index is 0.116. The van der Waals surface area contributed by atoms with Crippen LogP contribution in [0.1, 0.15) is 26.3 Å². The van der Waals surface area contributed by atoms with Crippen LogP contribution in [0.2, 0.25) is 0 Å². The Morgan fingerprint density at radius 2 is 0.899 bits per heavy atom. The van der Waals surface area contributed by atoms with Crippen molar-refractivity contribution >= 4 is 128 Å². The minimum Gasteiger partial charge on any atom is -0.458 e. The molecule has 0 saturated heterocycles. The summed E-state index contributed by atoms with van der Waals surface area (Å²) in [6.07, 6.45) is 0. The second-order valence-corrected chi connectivity index (χ2v) is 25.1. The van der Waals surface area contributed by atoms with Gasteiger partial charge in [-0.1, -0.05) is 197 Å². The smallest absolute Gasteiger partial charge is 0.256 e. The van der Waals surface area contributed by atoms with Crippen LogP contribution in [0.25, 0.3) is 132 Å². The predicted molar refractivity (Wildman–Crippen MR) is 371 cm³/mol. The number of aromatic nitrogens is 2. The van der Waals surface area contributed by atoms with Gasteiger partial charge in [0, 0.05) is 83.0 Å². The molecule has 89 heavy (non-hydrogen) atoms. The van der Waals surface area contributed by atoms with Crippen LogP contribution in [0.4, 0.5) is 17.1 Å². The van der Waals surface area contributed by atoms with Crippen molar-refractivity contribution in [2.24, 2.45) is 0 Å². The fourth-order valence-electron chi connectivity index (χ4n) is 15.1. The van der Waals surface area contributed by atoms with E-state index in [1.54, 1.807) is 0 Å². The van der Waals surface area contributed by atoms with Crippen molar-refractivity contribution in [1.29, 1.82) is 0 Å². The van der Waals surface area contributed by atoms with Gasteiger partial charge in [-0.15, -0.1) is 0 Å². The SMILES string of the molecule is CC(C)(C)c1ccc(N2c3cc(-n4c5ccccc5c5ccccc54)ccc3B3c4ccc(-n5c6ccccc6c6ccccc65)cc4Oc4cc(-c5cccc6c5oc5ccc7oc8ccc(-c9ccccc9)cc8c7c56)cc2c43)c(-c2ccccc2)c1. The van der Waals surface area contributed by atoms with E-state index >= 15 is 0 Å². The molecule has 0 saturated carbocycles. The van der Waals surface area contributed by atoms with Crippen LogP contribution in [-0.4, -0.2) is 15.8 Å². The molecule has 17 aromatic rings. The van der Waals surface area contributed by atoms with E-state index in [1.165, 1.54) is 32.6 Å². The van der Waals surface area contributed by atoms with Gasteiger partial charge in [-0.2, -0.15) is 0 Å². The molecule has 0 unspecified atom stereocenters. The normalized spacial score (nSPS) is 12.9. The molecule has 0 atom stereocenters. The van der Waals surface area contributed by atoms with E-state index in [1.807, 2.05) is 0 Å². The highest BCUT2D eigenvalue weighted by atomic mass is 16.5. The van der Waals surface area contributed by atoms with Gasteiger partial charge in [0.1, 0.15) is 33.8 Å². The first-order chi connectivity index (χ1) is 43.8. The van der Waals surface area contributed by atoms with E-state index in [2.05, 4.69) is 308 Å². The fourth-order valence-corrected chi connectivity index (χ4v) is 15.1. The maximum Gasteiger partial charge on any atom is 0.256 e. The Balaban J connectivity index is 0.900. The number of fused-ring (bicyclic) bond motifs is 17. The molecule has 0 fully saturated rings. The maximum atomic E-state index is 7.63. The number of rotatable bonds is 6. The lowest BCUT2D eigenvalue weighted by Gasteiger charge is -2.41. The van der Waals surface area contributed by atoms with Crippen LogP contribution in [0.3, 0.4) is 0 Å². The highest BCUT2D eigenvalue weighted by Gasteiger charge is 2.43. The summed E-state index contributed by atoms with van der Waals surface area (Å²) in [5, 5.41) is 9.01. The number of para-hydroxylation sites is 5. The summed E-state index contributed by atoms with van der Waals surface area (Å²) in [6, 6.07) is 99.6. The standard InChI is InChI=1S/C82H54BN3O3/c1-82(2,3)53-34-39-70(62(46-53)50-21-8-5-9-22-50)86-71-47-54(84-66-29-14-10-23-57(66)58-24-11-15-30-67(58)84)35-37-64(71)83-65-38-36-55(85-68-31-16-12-25-59(68)60-26-13-17-32-69(60)85)48-76(65)88-77-45-52(44-72(86)80(77)83)56-27-18-28-61-78-75(89-81(56)61)42-41-74-79(78)63-43-51(33-40-73(63)87-74)49-19-6-4-7-20-49/h4-48H,1-3H3. The first-order valence-electron chi connectivity index (χ1n) is 30.7. The molecule has 0 amide bonds. The van der Waals surface area contributed by atoms with Gasteiger partial charge in [0.15, 0.2) is 0 Å². The summed E-state index contributed by atoms with van der Waals surface area (Å²) in [6.45, 7) is 6.70. The average molecular weight is 1140 g/mol. The highest BCUT2D eigenvalue weighted by molar-refractivity contribution is 6.99. The molecule has 2 aliphatic rings. The maximum absolute atomic E-state index is 7.63. The van der Waals surface area contributed by atoms with Gasteiger partial charge >= 0.3 is 0 Å². The van der Waals surface area contributed by atoms with Gasteiger partial charge in [0.05, 0.1) is 27.8 Å². The van der Waals surface area contributed by atoms with E-state index in [-0.39, 0.29) is 12.1 Å². The van der Waals surface area contributed by atoms with E-state index in [0.717, 1.165) is 150 Å². The molecule has 0 radical (unpaired) electrons. The molecular formula is C82H54BN3O3. The molecule has 4 aromatic heterocycles. The van der Waals surface area contributed by atoms with Crippen LogP contribution < -0.4 is 26.0 Å². The summed E-state index contributed by atoms with van der Waals surface area (Å²) < 4.78 is 26.4. The zero-order valence-corrected chi connectivity index (χ0v) is 49.1.